The Morgan fingerprint density at radius 2 is 1.46 bits per heavy atom. The largest absolute Gasteiger partial charge is 0.493 e. The number of hydrogen-bond acceptors (Lipinski definition) is 9. The Bertz CT molecular complexity index is 985. The van der Waals surface area contributed by atoms with Crippen LogP contribution in [0.25, 0.3) is 0 Å². The molecule has 0 amide bonds. The molecular formula is C31H51ClN4O5. The fraction of sp³-hybridized carbons (Fsp3) is 0.548. The SMILES string of the molecule is CCCCNc1ccc(C(=O)OCCN(C)C)cc1.CCCOc1cc(N)ccc1C(=O)OCCN(CC)CC.Cl. The number of hydrogen-bond donors (Lipinski definition) is 2. The first kappa shape index (κ1) is 38.0. The number of carbonyl (C=O) groups excluding carboxylic acids is 2. The first-order valence-electron chi connectivity index (χ1n) is 14.3. The fourth-order valence-corrected chi connectivity index (χ4v) is 3.46. The van der Waals surface area contributed by atoms with Gasteiger partial charge in [0.1, 0.15) is 24.5 Å². The molecule has 0 aromatic heterocycles. The van der Waals surface area contributed by atoms with Gasteiger partial charge in [-0.15, -0.1) is 12.4 Å². The van der Waals surface area contributed by atoms with Crippen LogP contribution < -0.4 is 15.8 Å². The van der Waals surface area contributed by atoms with Crippen LogP contribution in [0.1, 0.15) is 67.7 Å². The lowest BCUT2D eigenvalue weighted by atomic mass is 10.2. The van der Waals surface area contributed by atoms with Crippen molar-refractivity contribution in [1.29, 1.82) is 0 Å². The zero-order valence-electron chi connectivity index (χ0n) is 25.7. The quantitative estimate of drug-likeness (QED) is 0.138. The van der Waals surface area contributed by atoms with Crippen molar-refractivity contribution in [3.63, 3.8) is 0 Å². The van der Waals surface area contributed by atoms with E-state index in [0.717, 1.165) is 51.3 Å². The first-order valence-corrected chi connectivity index (χ1v) is 14.3. The van der Waals surface area contributed by atoms with Gasteiger partial charge in [-0.3, -0.25) is 0 Å². The predicted octanol–water partition coefficient (Wildman–Crippen LogP) is 5.60. The number of ether oxygens (including phenoxy) is 3. The Balaban J connectivity index is 0.000000765. The maximum absolute atomic E-state index is 12.1. The van der Waals surface area contributed by atoms with E-state index in [2.05, 4.69) is 31.0 Å². The third-order valence-electron chi connectivity index (χ3n) is 5.97. The second-order valence-electron chi connectivity index (χ2n) is 9.56. The highest BCUT2D eigenvalue weighted by atomic mass is 35.5. The molecule has 3 N–H and O–H groups in total. The third-order valence-corrected chi connectivity index (χ3v) is 5.97. The molecule has 2 aromatic carbocycles. The summed E-state index contributed by atoms with van der Waals surface area (Å²) in [6, 6.07) is 12.4. The van der Waals surface area contributed by atoms with Crippen molar-refractivity contribution in [3.8, 4) is 5.75 Å². The molecule has 2 rings (SSSR count). The number of nitrogen functional groups attached to an aromatic ring is 1. The van der Waals surface area contributed by atoms with Crippen LogP contribution in [0.2, 0.25) is 0 Å². The fourth-order valence-electron chi connectivity index (χ4n) is 3.46. The molecule has 2 aromatic rings. The normalized spacial score (nSPS) is 10.3. The Hall–Kier alpha value is -3.01. The summed E-state index contributed by atoms with van der Waals surface area (Å²) < 4.78 is 16.1. The van der Waals surface area contributed by atoms with Crippen LogP contribution in [0.5, 0.6) is 5.75 Å². The molecule has 0 heterocycles. The molecule has 0 unspecified atom stereocenters. The lowest BCUT2D eigenvalue weighted by molar-refractivity contribution is 0.0458. The summed E-state index contributed by atoms with van der Waals surface area (Å²) in [7, 11) is 3.90. The van der Waals surface area contributed by atoms with Gasteiger partial charge in [0.25, 0.3) is 0 Å². The van der Waals surface area contributed by atoms with Gasteiger partial charge in [-0.25, -0.2) is 9.59 Å². The lowest BCUT2D eigenvalue weighted by Gasteiger charge is -2.18. The Labute approximate surface area is 253 Å². The van der Waals surface area contributed by atoms with Crippen LogP contribution in [0.15, 0.2) is 42.5 Å². The molecule has 232 valence electrons. The van der Waals surface area contributed by atoms with Gasteiger partial charge < -0.3 is 35.1 Å². The number of rotatable bonds is 17. The van der Waals surface area contributed by atoms with Crippen molar-refractivity contribution in [1.82, 2.24) is 9.80 Å². The van der Waals surface area contributed by atoms with Gasteiger partial charge in [-0.05, 0) is 76.4 Å². The van der Waals surface area contributed by atoms with Gasteiger partial charge in [-0.2, -0.15) is 0 Å². The average Bonchev–Trinajstić information content (AvgIpc) is 2.94. The average molecular weight is 595 g/mol. The van der Waals surface area contributed by atoms with E-state index < -0.39 is 0 Å². The van der Waals surface area contributed by atoms with Crippen LogP contribution in [0.3, 0.4) is 0 Å². The second-order valence-corrected chi connectivity index (χ2v) is 9.56. The van der Waals surface area contributed by atoms with E-state index >= 15 is 0 Å². The zero-order valence-corrected chi connectivity index (χ0v) is 26.6. The summed E-state index contributed by atoms with van der Waals surface area (Å²) in [5.41, 5.74) is 8.37. The molecule has 9 nitrogen and oxygen atoms in total. The summed E-state index contributed by atoms with van der Waals surface area (Å²) in [6.07, 6.45) is 3.18. The number of nitrogens with two attached hydrogens (primary N) is 1. The molecule has 0 aliphatic rings. The number of unbranched alkanes of at least 4 members (excludes halogenated alkanes) is 1. The summed E-state index contributed by atoms with van der Waals surface area (Å²) >= 11 is 0. The maximum atomic E-state index is 12.1. The summed E-state index contributed by atoms with van der Waals surface area (Å²) in [6.45, 7) is 14.0. The molecule has 0 saturated heterocycles. The van der Waals surface area contributed by atoms with Gasteiger partial charge in [0, 0.05) is 37.1 Å². The molecule has 0 aliphatic carbocycles. The summed E-state index contributed by atoms with van der Waals surface area (Å²) in [5.74, 6) is -0.139. The van der Waals surface area contributed by atoms with Gasteiger partial charge in [-0.1, -0.05) is 34.1 Å². The number of nitrogens with one attached hydrogen (secondary N) is 1. The van der Waals surface area contributed by atoms with Crippen molar-refractivity contribution in [3.05, 3.63) is 53.6 Å². The minimum absolute atomic E-state index is 0. The predicted molar refractivity (Wildman–Crippen MR) is 171 cm³/mol. The van der Waals surface area contributed by atoms with E-state index in [1.54, 1.807) is 30.3 Å². The molecule has 0 spiro atoms. The van der Waals surface area contributed by atoms with E-state index in [1.165, 1.54) is 6.42 Å². The number of likely N-dealkylation sites (N-methyl/N-ethyl adjacent to an activating group) is 2. The standard InChI is InChI=1S/C16H26N2O3.C15H24N2O2.ClH/c1-4-10-20-15-12-13(17)7-8-14(15)16(19)21-11-9-18(5-2)6-3;1-4-5-10-16-14-8-6-13(7-9-14)15(18)19-12-11-17(2)3;/h7-8,12H,4-6,9-11,17H2,1-3H3;6-9,16H,4-5,10-12H2,1-3H3;1H. The smallest absolute Gasteiger partial charge is 0.341 e. The van der Waals surface area contributed by atoms with E-state index in [0.29, 0.717) is 42.4 Å². The molecule has 0 bridgehead atoms. The minimum Gasteiger partial charge on any atom is -0.493 e. The van der Waals surface area contributed by atoms with Crippen molar-refractivity contribution in [2.24, 2.45) is 0 Å². The van der Waals surface area contributed by atoms with E-state index in [4.69, 9.17) is 19.9 Å². The lowest BCUT2D eigenvalue weighted by Crippen LogP contribution is -2.28. The molecule has 10 heteroatoms. The molecule has 0 saturated carbocycles. The topological polar surface area (TPSA) is 106 Å². The summed E-state index contributed by atoms with van der Waals surface area (Å²) in [5, 5.41) is 3.31. The molecular weight excluding hydrogens is 544 g/mol. The van der Waals surface area contributed by atoms with Crippen LogP contribution in [-0.2, 0) is 9.47 Å². The van der Waals surface area contributed by atoms with Crippen LogP contribution in [0, 0.1) is 0 Å². The van der Waals surface area contributed by atoms with Crippen molar-refractivity contribution >= 4 is 35.7 Å². The van der Waals surface area contributed by atoms with Crippen LogP contribution >= 0.6 is 12.4 Å². The van der Waals surface area contributed by atoms with Gasteiger partial charge >= 0.3 is 11.9 Å². The highest BCUT2D eigenvalue weighted by Crippen LogP contribution is 2.23. The number of halogens is 1. The number of carbonyl (C=O) groups is 2. The van der Waals surface area contributed by atoms with Crippen molar-refractivity contribution in [2.75, 3.05) is 77.7 Å². The highest BCUT2D eigenvalue weighted by molar-refractivity contribution is 5.93. The number of anilines is 2. The number of esters is 2. The molecule has 0 atom stereocenters. The first-order chi connectivity index (χ1) is 19.2. The number of nitrogens with zero attached hydrogens (tertiary/aromatic N) is 2. The monoisotopic (exact) mass is 594 g/mol. The van der Waals surface area contributed by atoms with Gasteiger partial charge in [0.2, 0.25) is 0 Å². The molecule has 0 aliphatic heterocycles. The molecule has 41 heavy (non-hydrogen) atoms. The van der Waals surface area contributed by atoms with Gasteiger partial charge in [0.15, 0.2) is 0 Å². The Kier molecular flexibility index (Phi) is 21.0. The Morgan fingerprint density at radius 3 is 2.05 bits per heavy atom. The van der Waals surface area contributed by atoms with Gasteiger partial charge in [0.05, 0.1) is 12.2 Å². The third kappa shape index (κ3) is 16.1. The van der Waals surface area contributed by atoms with E-state index in [1.807, 2.05) is 38.1 Å². The van der Waals surface area contributed by atoms with Crippen molar-refractivity contribution in [2.45, 2.75) is 47.0 Å². The summed E-state index contributed by atoms with van der Waals surface area (Å²) in [4.78, 5) is 28.1. The van der Waals surface area contributed by atoms with E-state index in [-0.39, 0.29) is 24.3 Å². The van der Waals surface area contributed by atoms with E-state index in [9.17, 15) is 9.59 Å². The molecule has 0 fully saturated rings. The highest BCUT2D eigenvalue weighted by Gasteiger charge is 2.15. The second kappa shape index (κ2) is 22.7. The van der Waals surface area contributed by atoms with Crippen molar-refractivity contribution < 1.29 is 23.8 Å². The van der Waals surface area contributed by atoms with Crippen LogP contribution in [0.4, 0.5) is 11.4 Å². The minimum atomic E-state index is -0.367. The Morgan fingerprint density at radius 1 is 0.829 bits per heavy atom. The number of benzene rings is 2. The zero-order chi connectivity index (χ0) is 29.8. The molecule has 0 radical (unpaired) electrons. The maximum Gasteiger partial charge on any atom is 0.341 e. The van der Waals surface area contributed by atoms with Crippen LogP contribution in [-0.4, -0.2) is 88.4 Å².